The number of carbonyl (C=O) groups excluding carboxylic acids is 1. The molecule has 1 atom stereocenters. The minimum Gasteiger partial charge on any atom is -0.487 e. The van der Waals surface area contributed by atoms with E-state index in [2.05, 4.69) is 49.9 Å². The van der Waals surface area contributed by atoms with E-state index < -0.39 is 0 Å². The number of ketones is 1. The molecule has 0 fully saturated rings. The van der Waals surface area contributed by atoms with Gasteiger partial charge in [0.15, 0.2) is 5.78 Å². The highest BCUT2D eigenvalue weighted by molar-refractivity contribution is 5.95. The highest BCUT2D eigenvalue weighted by atomic mass is 16.5. The van der Waals surface area contributed by atoms with Gasteiger partial charge in [-0.3, -0.25) is 4.79 Å². The number of ether oxygens (including phenoxy) is 1. The standard InChI is InChI=1S/C21H25NO2/c1-14(2)18-7-5-17(6-8-18)13-22-12-15(3)24-21-10-9-19(16(4)23)11-20(21)22/h5-11,14-15H,12-13H2,1-4H3. The van der Waals surface area contributed by atoms with Crippen LogP contribution in [0.25, 0.3) is 0 Å². The molecule has 3 rings (SSSR count). The predicted molar refractivity (Wildman–Crippen MR) is 98.1 cm³/mol. The van der Waals surface area contributed by atoms with Gasteiger partial charge >= 0.3 is 0 Å². The summed E-state index contributed by atoms with van der Waals surface area (Å²) in [6, 6.07) is 14.5. The van der Waals surface area contributed by atoms with Crippen LogP contribution in [0.3, 0.4) is 0 Å². The molecule has 2 aromatic carbocycles. The van der Waals surface area contributed by atoms with Gasteiger partial charge in [-0.25, -0.2) is 0 Å². The number of hydrogen-bond donors (Lipinski definition) is 0. The Morgan fingerprint density at radius 3 is 2.54 bits per heavy atom. The molecule has 0 amide bonds. The number of nitrogens with zero attached hydrogens (tertiary/aromatic N) is 1. The molecule has 0 bridgehead atoms. The van der Waals surface area contributed by atoms with Crippen LogP contribution >= 0.6 is 0 Å². The zero-order valence-corrected chi connectivity index (χ0v) is 14.9. The van der Waals surface area contributed by atoms with E-state index in [1.807, 2.05) is 18.2 Å². The number of fused-ring (bicyclic) bond motifs is 1. The molecule has 0 aliphatic carbocycles. The normalized spacial score (nSPS) is 16.7. The Labute approximate surface area is 144 Å². The Bertz CT molecular complexity index is 734. The van der Waals surface area contributed by atoms with Gasteiger partial charge in [0.1, 0.15) is 11.9 Å². The Morgan fingerprint density at radius 1 is 1.21 bits per heavy atom. The van der Waals surface area contributed by atoms with Crippen LogP contribution in [0.4, 0.5) is 5.69 Å². The topological polar surface area (TPSA) is 29.5 Å². The Hall–Kier alpha value is -2.29. The van der Waals surface area contributed by atoms with Gasteiger partial charge in [0.2, 0.25) is 0 Å². The average molecular weight is 323 g/mol. The molecule has 24 heavy (non-hydrogen) atoms. The molecular weight excluding hydrogens is 298 g/mol. The van der Waals surface area contributed by atoms with Gasteiger partial charge in [-0.05, 0) is 49.1 Å². The third-order valence-electron chi connectivity index (χ3n) is 4.53. The molecule has 1 aliphatic heterocycles. The summed E-state index contributed by atoms with van der Waals surface area (Å²) in [6.07, 6.45) is 0.135. The molecule has 2 aromatic rings. The Kier molecular flexibility index (Phi) is 4.61. The van der Waals surface area contributed by atoms with Gasteiger partial charge in [0.05, 0.1) is 12.2 Å². The summed E-state index contributed by atoms with van der Waals surface area (Å²) in [5.41, 5.74) is 4.36. The molecule has 0 N–H and O–H groups in total. The average Bonchev–Trinajstić information content (AvgIpc) is 2.54. The van der Waals surface area contributed by atoms with Crippen molar-refractivity contribution in [2.45, 2.75) is 46.3 Å². The van der Waals surface area contributed by atoms with Gasteiger partial charge in [-0.1, -0.05) is 38.1 Å². The van der Waals surface area contributed by atoms with Gasteiger partial charge in [-0.15, -0.1) is 0 Å². The summed E-state index contributed by atoms with van der Waals surface area (Å²) in [5.74, 6) is 1.48. The largest absolute Gasteiger partial charge is 0.487 e. The maximum Gasteiger partial charge on any atom is 0.159 e. The van der Waals surface area contributed by atoms with E-state index in [0.29, 0.717) is 5.92 Å². The number of hydrogen-bond acceptors (Lipinski definition) is 3. The number of carbonyl (C=O) groups is 1. The number of rotatable bonds is 4. The minimum atomic E-state index is 0.0812. The summed E-state index contributed by atoms with van der Waals surface area (Å²) < 4.78 is 5.93. The van der Waals surface area contributed by atoms with Crippen LogP contribution in [0.5, 0.6) is 5.75 Å². The first-order valence-corrected chi connectivity index (χ1v) is 8.59. The van der Waals surface area contributed by atoms with Crippen LogP contribution in [0.1, 0.15) is 55.1 Å². The number of Topliss-reactive ketones (excluding diaryl/α,β-unsaturated/α-hetero) is 1. The SMILES string of the molecule is CC(=O)c1ccc2c(c1)N(Cc1ccc(C(C)C)cc1)CC(C)O2. The lowest BCUT2D eigenvalue weighted by atomic mass is 10.0. The van der Waals surface area contributed by atoms with Gasteiger partial charge < -0.3 is 9.64 Å². The van der Waals surface area contributed by atoms with E-state index in [1.54, 1.807) is 6.92 Å². The summed E-state index contributed by atoms with van der Waals surface area (Å²) in [4.78, 5) is 14.0. The second-order valence-corrected chi connectivity index (χ2v) is 6.94. The second kappa shape index (κ2) is 6.68. The van der Waals surface area contributed by atoms with E-state index in [-0.39, 0.29) is 11.9 Å². The van der Waals surface area contributed by atoms with Gasteiger partial charge in [0, 0.05) is 12.1 Å². The van der Waals surface area contributed by atoms with Crippen LogP contribution in [0.15, 0.2) is 42.5 Å². The third-order valence-corrected chi connectivity index (χ3v) is 4.53. The molecule has 3 heteroatoms. The molecule has 3 nitrogen and oxygen atoms in total. The molecule has 126 valence electrons. The van der Waals surface area contributed by atoms with Crippen LogP contribution in [0.2, 0.25) is 0 Å². The monoisotopic (exact) mass is 323 g/mol. The van der Waals surface area contributed by atoms with Crippen molar-refractivity contribution in [2.24, 2.45) is 0 Å². The van der Waals surface area contributed by atoms with Gasteiger partial charge in [-0.2, -0.15) is 0 Å². The fourth-order valence-corrected chi connectivity index (χ4v) is 3.12. The number of benzene rings is 2. The first-order chi connectivity index (χ1) is 11.4. The molecule has 1 heterocycles. The van der Waals surface area contributed by atoms with E-state index in [1.165, 1.54) is 11.1 Å². The maximum absolute atomic E-state index is 11.7. The van der Waals surface area contributed by atoms with Crippen molar-refractivity contribution in [1.29, 1.82) is 0 Å². The smallest absolute Gasteiger partial charge is 0.159 e. The Morgan fingerprint density at radius 2 is 1.92 bits per heavy atom. The maximum atomic E-state index is 11.7. The quantitative estimate of drug-likeness (QED) is 0.757. The zero-order chi connectivity index (χ0) is 17.3. The lowest BCUT2D eigenvalue weighted by molar-refractivity contribution is 0.101. The predicted octanol–water partition coefficient (Wildman–Crippen LogP) is 4.80. The van der Waals surface area contributed by atoms with Crippen molar-refractivity contribution in [3.05, 3.63) is 59.2 Å². The molecule has 0 saturated heterocycles. The van der Waals surface area contributed by atoms with Crippen LogP contribution in [0, 0.1) is 0 Å². The molecule has 0 aromatic heterocycles. The summed E-state index contributed by atoms with van der Waals surface area (Å²) >= 11 is 0. The molecule has 0 spiro atoms. The van der Waals surface area contributed by atoms with Crippen LogP contribution in [-0.4, -0.2) is 18.4 Å². The van der Waals surface area contributed by atoms with Crippen molar-refractivity contribution in [2.75, 3.05) is 11.4 Å². The molecule has 0 saturated carbocycles. The van der Waals surface area contributed by atoms with Gasteiger partial charge in [0.25, 0.3) is 0 Å². The second-order valence-electron chi connectivity index (χ2n) is 6.94. The lowest BCUT2D eigenvalue weighted by Gasteiger charge is -2.35. The van der Waals surface area contributed by atoms with E-state index in [0.717, 1.165) is 30.1 Å². The highest BCUT2D eigenvalue weighted by Crippen LogP contribution is 2.35. The molecule has 0 radical (unpaired) electrons. The van der Waals surface area contributed by atoms with Crippen molar-refractivity contribution in [1.82, 2.24) is 0 Å². The van der Waals surface area contributed by atoms with Crippen LogP contribution in [-0.2, 0) is 6.54 Å². The minimum absolute atomic E-state index is 0.0812. The first-order valence-electron chi connectivity index (χ1n) is 8.59. The summed E-state index contributed by atoms with van der Waals surface area (Å²) in [7, 11) is 0. The third kappa shape index (κ3) is 3.45. The fourth-order valence-electron chi connectivity index (χ4n) is 3.12. The summed E-state index contributed by atoms with van der Waals surface area (Å²) in [6.45, 7) is 9.73. The van der Waals surface area contributed by atoms with Crippen molar-refractivity contribution < 1.29 is 9.53 Å². The van der Waals surface area contributed by atoms with Crippen molar-refractivity contribution >= 4 is 11.5 Å². The lowest BCUT2D eigenvalue weighted by Crippen LogP contribution is -2.38. The van der Waals surface area contributed by atoms with E-state index in [4.69, 9.17) is 4.74 Å². The zero-order valence-electron chi connectivity index (χ0n) is 14.9. The first kappa shape index (κ1) is 16.6. The Balaban J connectivity index is 1.88. The molecular formula is C21H25NO2. The van der Waals surface area contributed by atoms with Crippen molar-refractivity contribution in [3.63, 3.8) is 0 Å². The highest BCUT2D eigenvalue weighted by Gasteiger charge is 2.23. The summed E-state index contributed by atoms with van der Waals surface area (Å²) in [5, 5.41) is 0. The fraction of sp³-hybridized carbons (Fsp3) is 0.381. The van der Waals surface area contributed by atoms with Crippen molar-refractivity contribution in [3.8, 4) is 5.75 Å². The van der Waals surface area contributed by atoms with Crippen LogP contribution < -0.4 is 9.64 Å². The molecule has 1 unspecified atom stereocenters. The van der Waals surface area contributed by atoms with E-state index >= 15 is 0 Å². The van der Waals surface area contributed by atoms with E-state index in [9.17, 15) is 4.79 Å². The number of anilines is 1. The molecule has 1 aliphatic rings.